The molecule has 1 aromatic heterocycles. The maximum Gasteiger partial charge on any atom is 0.295 e. The van der Waals surface area contributed by atoms with E-state index in [4.69, 9.17) is 0 Å². The average molecular weight is 425 g/mol. The summed E-state index contributed by atoms with van der Waals surface area (Å²) in [5.41, 5.74) is 3.02. The third kappa shape index (κ3) is 4.54. The summed E-state index contributed by atoms with van der Waals surface area (Å²) in [4.78, 5) is 24.0. The summed E-state index contributed by atoms with van der Waals surface area (Å²) in [5, 5.41) is 2.92. The van der Waals surface area contributed by atoms with Crippen molar-refractivity contribution in [1.29, 1.82) is 0 Å². The second kappa shape index (κ2) is 8.26. The molecule has 1 saturated heterocycles. The van der Waals surface area contributed by atoms with Crippen LogP contribution in [0.5, 0.6) is 0 Å². The number of aromatic nitrogens is 2. The van der Waals surface area contributed by atoms with Gasteiger partial charge in [-0.3, -0.25) is 9.69 Å². The van der Waals surface area contributed by atoms with Crippen molar-refractivity contribution in [2.75, 3.05) is 42.9 Å². The van der Waals surface area contributed by atoms with E-state index in [1.165, 1.54) is 19.4 Å². The van der Waals surface area contributed by atoms with Crippen LogP contribution in [0, 0.1) is 5.92 Å². The first kappa shape index (κ1) is 19.9. The summed E-state index contributed by atoms with van der Waals surface area (Å²) in [5.74, 6) is 0.229. The Hall–Kier alpha value is -3.00. The number of halogens is 2. The van der Waals surface area contributed by atoms with Crippen LogP contribution < -0.4 is 10.2 Å². The molecule has 0 atom stereocenters. The number of nitrogens with one attached hydrogen (secondary N) is 2. The maximum absolute atomic E-state index is 12.8. The van der Waals surface area contributed by atoms with Crippen LogP contribution in [0.15, 0.2) is 42.5 Å². The number of amides is 1. The van der Waals surface area contributed by atoms with E-state index in [2.05, 4.69) is 31.2 Å². The fourth-order valence-electron chi connectivity index (χ4n) is 4.11. The van der Waals surface area contributed by atoms with Gasteiger partial charge in [0.05, 0.1) is 11.0 Å². The van der Waals surface area contributed by atoms with Crippen LogP contribution in [0.3, 0.4) is 0 Å². The first-order valence-electron chi connectivity index (χ1n) is 10.7. The van der Waals surface area contributed by atoms with Gasteiger partial charge < -0.3 is 15.2 Å². The van der Waals surface area contributed by atoms with Crippen LogP contribution in [-0.2, 0) is 0 Å². The second-order valence-corrected chi connectivity index (χ2v) is 8.39. The first-order valence-corrected chi connectivity index (χ1v) is 10.7. The Kier molecular flexibility index (Phi) is 5.31. The third-order valence-electron chi connectivity index (χ3n) is 6.02. The molecule has 2 aliphatic rings. The summed E-state index contributed by atoms with van der Waals surface area (Å²) in [6.07, 6.45) is 0.0775. The fraction of sp³-hybridized carbons (Fsp3) is 0.391. The molecule has 2 fully saturated rings. The lowest BCUT2D eigenvalue weighted by Gasteiger charge is -2.36. The number of benzene rings is 2. The maximum atomic E-state index is 12.8. The Balaban J connectivity index is 1.25. The summed E-state index contributed by atoms with van der Waals surface area (Å²) >= 11 is 0. The number of imidazole rings is 1. The van der Waals surface area contributed by atoms with Gasteiger partial charge in [-0.05, 0) is 55.2 Å². The van der Waals surface area contributed by atoms with Crippen molar-refractivity contribution in [2.45, 2.75) is 19.3 Å². The fourth-order valence-corrected chi connectivity index (χ4v) is 4.11. The van der Waals surface area contributed by atoms with Crippen molar-refractivity contribution in [1.82, 2.24) is 14.9 Å². The normalized spacial score (nSPS) is 17.5. The van der Waals surface area contributed by atoms with Crippen LogP contribution in [0.25, 0.3) is 11.0 Å². The van der Waals surface area contributed by atoms with Crippen LogP contribution in [0.4, 0.5) is 20.2 Å². The Bertz CT molecular complexity index is 1090. The number of H-pyrrole nitrogens is 1. The van der Waals surface area contributed by atoms with Gasteiger partial charge in [0.2, 0.25) is 0 Å². The number of hydrogen-bond donors (Lipinski definition) is 2. The van der Waals surface area contributed by atoms with E-state index in [-0.39, 0.29) is 5.91 Å². The van der Waals surface area contributed by atoms with Gasteiger partial charge in [-0.2, -0.15) is 0 Å². The number of nitrogens with zero attached hydrogens (tertiary/aromatic N) is 3. The van der Waals surface area contributed by atoms with Gasteiger partial charge >= 0.3 is 0 Å². The molecule has 1 aliphatic carbocycles. The number of aromatic amines is 1. The van der Waals surface area contributed by atoms with E-state index < -0.39 is 12.2 Å². The largest absolute Gasteiger partial charge is 0.369 e. The number of fused-ring (bicyclic) bond motifs is 1. The monoisotopic (exact) mass is 425 g/mol. The summed E-state index contributed by atoms with van der Waals surface area (Å²) < 4.78 is 25.7. The predicted molar refractivity (Wildman–Crippen MR) is 117 cm³/mol. The molecule has 6 nitrogen and oxygen atoms in total. The molecule has 162 valence electrons. The predicted octanol–water partition coefficient (Wildman–Crippen LogP) is 4.28. The molecular formula is C23H25F2N5O. The summed E-state index contributed by atoms with van der Waals surface area (Å²) in [6.45, 7) is 5.32. The zero-order chi connectivity index (χ0) is 21.4. The van der Waals surface area contributed by atoms with Gasteiger partial charge in [0.1, 0.15) is 0 Å². The molecular weight excluding hydrogens is 400 g/mol. The number of carbonyl (C=O) groups excluding carboxylic acids is 1. The lowest BCUT2D eigenvalue weighted by molar-refractivity contribution is 0.102. The SMILES string of the molecule is O=C(Nc1cccc(N2CCN(CC3CC3)CC2)c1)c1ccc2nc(C(F)F)[nH]c2c1. The van der Waals surface area contributed by atoms with Gasteiger partial charge in [0, 0.05) is 49.7 Å². The van der Waals surface area contributed by atoms with Gasteiger partial charge in [-0.25, -0.2) is 13.8 Å². The number of alkyl halides is 2. The molecule has 2 N–H and O–H groups in total. The van der Waals surface area contributed by atoms with Crippen molar-refractivity contribution >= 4 is 28.3 Å². The van der Waals surface area contributed by atoms with E-state index >= 15 is 0 Å². The van der Waals surface area contributed by atoms with Crippen LogP contribution in [0.1, 0.15) is 35.4 Å². The van der Waals surface area contributed by atoms with E-state index in [1.807, 2.05) is 18.2 Å². The number of carbonyl (C=O) groups is 1. The van der Waals surface area contributed by atoms with Gasteiger partial charge in [-0.15, -0.1) is 0 Å². The number of anilines is 2. The number of piperazine rings is 1. The Morgan fingerprint density at radius 3 is 2.68 bits per heavy atom. The molecule has 31 heavy (non-hydrogen) atoms. The quantitative estimate of drug-likeness (QED) is 0.619. The van der Waals surface area contributed by atoms with Gasteiger partial charge in [0.15, 0.2) is 5.82 Å². The minimum atomic E-state index is -2.68. The van der Waals surface area contributed by atoms with Crippen molar-refractivity contribution in [3.05, 3.63) is 53.9 Å². The standard InChI is InChI=1S/C23H25F2N5O/c24-21(25)22-27-19-7-6-16(12-20(19)28-22)23(31)26-17-2-1-3-18(13-17)30-10-8-29(9-11-30)14-15-4-5-15/h1-3,6-7,12-13,15,21H,4-5,8-11,14H2,(H,26,31)(H,27,28). The molecule has 2 heterocycles. The Morgan fingerprint density at radius 2 is 1.94 bits per heavy atom. The van der Waals surface area contributed by atoms with Crippen molar-refractivity contribution < 1.29 is 13.6 Å². The molecule has 1 aliphatic heterocycles. The number of rotatable bonds is 6. The van der Waals surface area contributed by atoms with Crippen molar-refractivity contribution in [2.24, 2.45) is 5.92 Å². The van der Waals surface area contributed by atoms with E-state index in [0.29, 0.717) is 22.3 Å². The van der Waals surface area contributed by atoms with Crippen molar-refractivity contribution in [3.63, 3.8) is 0 Å². The van der Waals surface area contributed by atoms with E-state index in [1.54, 1.807) is 18.2 Å². The van der Waals surface area contributed by atoms with Gasteiger partial charge in [0.25, 0.3) is 12.3 Å². The molecule has 0 spiro atoms. The molecule has 0 unspecified atom stereocenters. The smallest absolute Gasteiger partial charge is 0.295 e. The molecule has 0 radical (unpaired) electrons. The summed E-state index contributed by atoms with van der Waals surface area (Å²) in [6, 6.07) is 12.6. The molecule has 3 aromatic rings. The van der Waals surface area contributed by atoms with Crippen LogP contribution in [0.2, 0.25) is 0 Å². The molecule has 2 aromatic carbocycles. The molecule has 8 heteroatoms. The Labute approximate surface area is 179 Å². The lowest BCUT2D eigenvalue weighted by atomic mass is 10.1. The third-order valence-corrected chi connectivity index (χ3v) is 6.02. The van der Waals surface area contributed by atoms with E-state index in [0.717, 1.165) is 37.8 Å². The highest BCUT2D eigenvalue weighted by atomic mass is 19.3. The highest BCUT2D eigenvalue weighted by Crippen LogP contribution is 2.30. The van der Waals surface area contributed by atoms with Crippen LogP contribution >= 0.6 is 0 Å². The molecule has 1 amide bonds. The highest BCUT2D eigenvalue weighted by Gasteiger charge is 2.26. The zero-order valence-corrected chi connectivity index (χ0v) is 17.2. The van der Waals surface area contributed by atoms with Gasteiger partial charge in [-0.1, -0.05) is 6.07 Å². The lowest BCUT2D eigenvalue weighted by Crippen LogP contribution is -2.47. The minimum Gasteiger partial charge on any atom is -0.369 e. The summed E-state index contributed by atoms with van der Waals surface area (Å²) in [7, 11) is 0. The molecule has 0 bridgehead atoms. The minimum absolute atomic E-state index is 0.290. The van der Waals surface area contributed by atoms with Crippen molar-refractivity contribution in [3.8, 4) is 0 Å². The molecule has 1 saturated carbocycles. The first-order chi connectivity index (χ1) is 15.0. The zero-order valence-electron chi connectivity index (χ0n) is 17.2. The van der Waals surface area contributed by atoms with Crippen LogP contribution in [-0.4, -0.2) is 53.5 Å². The van der Waals surface area contributed by atoms with E-state index in [9.17, 15) is 13.6 Å². The topological polar surface area (TPSA) is 64.3 Å². The Morgan fingerprint density at radius 1 is 1.13 bits per heavy atom. The average Bonchev–Trinajstić information content (AvgIpc) is 3.48. The number of hydrogen-bond acceptors (Lipinski definition) is 4. The highest BCUT2D eigenvalue weighted by molar-refractivity contribution is 6.06. The molecule has 5 rings (SSSR count). The second-order valence-electron chi connectivity index (χ2n) is 8.39.